The maximum atomic E-state index is 11.4. The largest absolute Gasteiger partial charge is 0.493 e. The molecule has 1 saturated heterocycles. The molecule has 0 amide bonds. The van der Waals surface area contributed by atoms with E-state index in [9.17, 15) is 25.2 Å². The molecule has 0 aliphatic carbocycles. The minimum Gasteiger partial charge on any atom is -0.493 e. The summed E-state index contributed by atoms with van der Waals surface area (Å²) in [5.74, 6) is -0.133. The van der Waals surface area contributed by atoms with Crippen molar-refractivity contribution in [3.8, 4) is 11.5 Å². The highest BCUT2D eigenvalue weighted by Gasteiger charge is 2.52. The molecule has 34 heavy (non-hydrogen) atoms. The molecule has 1 fully saturated rings. The third kappa shape index (κ3) is 4.08. The smallest absolute Gasteiger partial charge is 0.335 e. The zero-order valence-corrected chi connectivity index (χ0v) is 19.6. The van der Waals surface area contributed by atoms with Gasteiger partial charge in [0.1, 0.15) is 24.4 Å². The lowest BCUT2D eigenvalue weighted by atomic mass is 9.72. The molecule has 0 unspecified atom stereocenters. The molecule has 3 aliphatic heterocycles. The Balaban J connectivity index is 1.57. The number of nitrogens with zero attached hydrogens (tertiary/aromatic N) is 1. The van der Waals surface area contributed by atoms with Crippen LogP contribution in [0.25, 0.3) is 0 Å². The minimum atomic E-state index is -1.77. The number of hydrogen-bond donors (Lipinski definition) is 4. The van der Waals surface area contributed by atoms with Crippen LogP contribution >= 0.6 is 0 Å². The van der Waals surface area contributed by atoms with E-state index in [1.165, 1.54) is 0 Å². The van der Waals surface area contributed by atoms with E-state index >= 15 is 0 Å². The SMILES string of the molecule is C=C[C@@]12CCN(C)Cc3ccc(OC)c(c31)O[C@H]2C[C@H](C)O[C@@H]1O[C@H](C(=O)O)[C@@H](O)[C@H](O)[C@H]1O. The van der Waals surface area contributed by atoms with Gasteiger partial charge in [0.15, 0.2) is 23.9 Å². The van der Waals surface area contributed by atoms with Crippen molar-refractivity contribution in [2.75, 3.05) is 20.7 Å². The van der Waals surface area contributed by atoms with Crippen LogP contribution < -0.4 is 9.47 Å². The van der Waals surface area contributed by atoms with Gasteiger partial charge in [0, 0.05) is 18.5 Å². The van der Waals surface area contributed by atoms with E-state index in [1.54, 1.807) is 14.0 Å². The lowest BCUT2D eigenvalue weighted by Gasteiger charge is -2.40. The molecule has 3 heterocycles. The van der Waals surface area contributed by atoms with Gasteiger partial charge in [-0.15, -0.1) is 6.58 Å². The number of rotatable bonds is 7. The summed E-state index contributed by atoms with van der Waals surface area (Å²) in [4.78, 5) is 13.6. The van der Waals surface area contributed by atoms with Crippen LogP contribution in [-0.4, -0.2) is 94.9 Å². The molecule has 0 saturated carbocycles. The molecule has 8 atom stereocenters. The maximum Gasteiger partial charge on any atom is 0.335 e. The summed E-state index contributed by atoms with van der Waals surface area (Å²) in [5, 5.41) is 39.6. The molecule has 4 rings (SSSR count). The molecule has 1 aromatic rings. The van der Waals surface area contributed by atoms with Gasteiger partial charge in [0.25, 0.3) is 0 Å². The van der Waals surface area contributed by atoms with Gasteiger partial charge in [0.05, 0.1) is 18.6 Å². The fourth-order valence-corrected chi connectivity index (χ4v) is 5.31. The lowest BCUT2D eigenvalue weighted by molar-refractivity contribution is -0.304. The highest BCUT2D eigenvalue weighted by atomic mass is 16.7. The number of aliphatic hydroxyl groups is 3. The number of benzene rings is 1. The van der Waals surface area contributed by atoms with E-state index in [4.69, 9.17) is 18.9 Å². The van der Waals surface area contributed by atoms with Crippen molar-refractivity contribution in [3.05, 3.63) is 35.9 Å². The molecule has 0 spiro atoms. The van der Waals surface area contributed by atoms with Crippen LogP contribution in [0.1, 0.15) is 30.9 Å². The van der Waals surface area contributed by atoms with Crippen molar-refractivity contribution in [1.29, 1.82) is 0 Å². The van der Waals surface area contributed by atoms with E-state index < -0.39 is 48.2 Å². The van der Waals surface area contributed by atoms with Gasteiger partial charge in [-0.05, 0) is 38.6 Å². The number of hydrogen-bond acceptors (Lipinski definition) is 9. The summed E-state index contributed by atoms with van der Waals surface area (Å²) in [6, 6.07) is 3.95. The van der Waals surface area contributed by atoms with Gasteiger partial charge in [-0.3, -0.25) is 0 Å². The van der Waals surface area contributed by atoms with Crippen molar-refractivity contribution in [2.24, 2.45) is 0 Å². The zero-order chi connectivity index (χ0) is 24.8. The summed E-state index contributed by atoms with van der Waals surface area (Å²) in [6.07, 6.45) is -6.09. The number of ether oxygens (including phenoxy) is 4. The minimum absolute atomic E-state index is 0.358. The second-order valence-corrected chi connectivity index (χ2v) is 9.39. The first-order chi connectivity index (χ1) is 16.1. The van der Waals surface area contributed by atoms with Crippen LogP contribution in [0.2, 0.25) is 0 Å². The van der Waals surface area contributed by atoms with Gasteiger partial charge in [-0.2, -0.15) is 0 Å². The molecule has 0 radical (unpaired) electrons. The topological polar surface area (TPSA) is 138 Å². The van der Waals surface area contributed by atoms with Crippen LogP contribution in [-0.2, 0) is 26.2 Å². The van der Waals surface area contributed by atoms with E-state index in [-0.39, 0.29) is 6.10 Å². The molecule has 0 bridgehead atoms. The van der Waals surface area contributed by atoms with E-state index in [1.807, 2.05) is 18.2 Å². The highest BCUT2D eigenvalue weighted by molar-refractivity contribution is 5.73. The van der Waals surface area contributed by atoms with Gasteiger partial charge in [-0.25, -0.2) is 4.79 Å². The third-order valence-electron chi connectivity index (χ3n) is 7.17. The maximum absolute atomic E-state index is 11.4. The molecule has 0 aromatic heterocycles. The summed E-state index contributed by atoms with van der Waals surface area (Å²) >= 11 is 0. The van der Waals surface area contributed by atoms with Crippen molar-refractivity contribution < 1.29 is 44.2 Å². The normalized spacial score (nSPS) is 36.2. The van der Waals surface area contributed by atoms with E-state index in [2.05, 4.69) is 18.5 Å². The molecule has 4 N–H and O–H groups in total. The van der Waals surface area contributed by atoms with Crippen LogP contribution in [0.5, 0.6) is 11.5 Å². The van der Waals surface area contributed by atoms with Crippen molar-refractivity contribution in [3.63, 3.8) is 0 Å². The molecule has 1 aromatic carbocycles. The molecular weight excluding hydrogens is 446 g/mol. The molecule has 188 valence electrons. The Bertz CT molecular complexity index is 939. The average molecular weight is 480 g/mol. The standard InChI is InChI=1S/C24H33NO9/c1-5-24-8-9-25(3)11-13-6-7-14(31-4)20(16(13)24)33-15(24)10-12(2)32-23-19(28)17(26)18(27)21(34-23)22(29)30/h5-7,12,15,17-19,21,23,26-28H,1,8-11H2,2-4H3,(H,29,30)/t12-,15-,17-,18-,19+,21-,23+,24-/m0/s1. The summed E-state index contributed by atoms with van der Waals surface area (Å²) in [7, 11) is 3.66. The third-order valence-corrected chi connectivity index (χ3v) is 7.17. The van der Waals surface area contributed by atoms with Crippen LogP contribution in [0.3, 0.4) is 0 Å². The Morgan fingerprint density at radius 1 is 1.32 bits per heavy atom. The van der Waals surface area contributed by atoms with Crippen LogP contribution in [0.4, 0.5) is 0 Å². The first-order valence-electron chi connectivity index (χ1n) is 11.4. The number of aliphatic carboxylic acids is 1. The Morgan fingerprint density at radius 2 is 2.06 bits per heavy atom. The number of aliphatic hydroxyl groups excluding tert-OH is 3. The van der Waals surface area contributed by atoms with Crippen molar-refractivity contribution in [1.82, 2.24) is 4.90 Å². The van der Waals surface area contributed by atoms with Gasteiger partial charge < -0.3 is 44.3 Å². The Kier molecular flexibility index (Phi) is 6.92. The van der Waals surface area contributed by atoms with Gasteiger partial charge >= 0.3 is 5.97 Å². The number of carboxylic acids is 1. The highest BCUT2D eigenvalue weighted by Crippen LogP contribution is 2.54. The van der Waals surface area contributed by atoms with Gasteiger partial charge in [-0.1, -0.05) is 12.1 Å². The van der Waals surface area contributed by atoms with E-state index in [0.717, 1.165) is 30.6 Å². The monoisotopic (exact) mass is 479 g/mol. The number of methoxy groups -OCH3 is 1. The van der Waals surface area contributed by atoms with E-state index in [0.29, 0.717) is 17.9 Å². The summed E-state index contributed by atoms with van der Waals surface area (Å²) < 4.78 is 23.1. The zero-order valence-electron chi connectivity index (χ0n) is 19.6. The quantitative estimate of drug-likeness (QED) is 0.407. The molecule has 3 aliphatic rings. The predicted octanol–water partition coefficient (Wildman–Crippen LogP) is 0.403. The summed E-state index contributed by atoms with van der Waals surface area (Å²) in [5.41, 5.74) is 1.70. The molecular formula is C24H33NO9. The van der Waals surface area contributed by atoms with Gasteiger partial charge in [0.2, 0.25) is 0 Å². The Labute approximate surface area is 198 Å². The first kappa shape index (κ1) is 24.9. The number of carboxylic acid groups (broad SMARTS) is 1. The second kappa shape index (κ2) is 9.44. The Hall–Kier alpha value is -2.21. The van der Waals surface area contributed by atoms with Crippen molar-refractivity contribution >= 4 is 5.97 Å². The molecule has 10 heteroatoms. The van der Waals surface area contributed by atoms with Crippen LogP contribution in [0, 0.1) is 0 Å². The fourth-order valence-electron chi connectivity index (χ4n) is 5.31. The van der Waals surface area contributed by atoms with Crippen LogP contribution in [0.15, 0.2) is 24.8 Å². The first-order valence-corrected chi connectivity index (χ1v) is 11.4. The number of carbonyl (C=O) groups is 1. The second-order valence-electron chi connectivity index (χ2n) is 9.39. The summed E-state index contributed by atoms with van der Waals surface area (Å²) in [6.45, 7) is 7.49. The predicted molar refractivity (Wildman–Crippen MR) is 120 cm³/mol. The average Bonchev–Trinajstić information content (AvgIpc) is 3.03. The Morgan fingerprint density at radius 3 is 2.71 bits per heavy atom. The fraction of sp³-hybridized carbons (Fsp3) is 0.625. The van der Waals surface area contributed by atoms with Crippen molar-refractivity contribution in [2.45, 2.75) is 74.6 Å². The lowest BCUT2D eigenvalue weighted by Crippen LogP contribution is -2.60. The molecule has 10 nitrogen and oxygen atoms in total.